The number of aliphatic hydroxyl groups excluding tert-OH is 2. The van der Waals surface area contributed by atoms with Gasteiger partial charge in [-0.1, -0.05) is 37.6 Å². The van der Waals surface area contributed by atoms with Crippen LogP contribution < -0.4 is 0 Å². The topological polar surface area (TPSA) is 95.1 Å². The lowest BCUT2D eigenvalue weighted by molar-refractivity contribution is -0.139. The third-order valence-electron chi connectivity index (χ3n) is 4.93. The van der Waals surface area contributed by atoms with Gasteiger partial charge in [-0.2, -0.15) is 5.10 Å². The average molecular weight is 447 g/mol. The Balaban J connectivity index is 2.11. The van der Waals surface area contributed by atoms with Crippen LogP contribution in [-0.4, -0.2) is 43.1 Å². The normalized spacial score (nSPS) is 13.9. The lowest BCUT2D eigenvalue weighted by Crippen LogP contribution is -2.19. The number of aromatic nitrogens is 2. The first-order valence-electron chi connectivity index (χ1n) is 9.90. The van der Waals surface area contributed by atoms with Crippen molar-refractivity contribution in [2.45, 2.75) is 44.8 Å². The van der Waals surface area contributed by atoms with Crippen LogP contribution in [0.3, 0.4) is 0 Å². The van der Waals surface area contributed by atoms with Crippen LogP contribution in [0.5, 0.6) is 0 Å². The van der Waals surface area contributed by atoms with E-state index in [0.717, 1.165) is 11.1 Å². The number of rotatable bonds is 8. The van der Waals surface area contributed by atoms with E-state index in [9.17, 15) is 19.4 Å². The van der Waals surface area contributed by atoms with E-state index in [0.29, 0.717) is 21.8 Å². The van der Waals surface area contributed by atoms with Crippen LogP contribution in [0.15, 0.2) is 42.6 Å². The molecule has 0 saturated carbocycles. The predicted octanol–water partition coefficient (Wildman–Crippen LogP) is 4.52. The molecule has 2 heterocycles. The predicted molar refractivity (Wildman–Crippen MR) is 118 cm³/mol. The SMILES string of the molecule is CC(C)c1c(/C=C/C(O)CC(O)CC(=O)O)c(-c2ccc(F)cc2)nn2ccc(Cl)c12. The molecular weight excluding hydrogens is 423 g/mol. The van der Waals surface area contributed by atoms with E-state index in [1.165, 1.54) is 18.2 Å². The highest BCUT2D eigenvalue weighted by Crippen LogP contribution is 2.36. The van der Waals surface area contributed by atoms with Crippen molar-refractivity contribution in [1.82, 2.24) is 9.61 Å². The Kier molecular flexibility index (Phi) is 7.10. The summed E-state index contributed by atoms with van der Waals surface area (Å²) in [6.45, 7) is 4.02. The number of aliphatic carboxylic acids is 1. The minimum absolute atomic E-state index is 0.0477. The minimum Gasteiger partial charge on any atom is -0.481 e. The van der Waals surface area contributed by atoms with Gasteiger partial charge in [-0.05, 0) is 41.8 Å². The minimum atomic E-state index is -1.17. The molecule has 0 fully saturated rings. The summed E-state index contributed by atoms with van der Waals surface area (Å²) in [6, 6.07) is 7.70. The number of fused-ring (bicyclic) bond motifs is 1. The van der Waals surface area contributed by atoms with Crippen molar-refractivity contribution in [2.24, 2.45) is 0 Å². The fourth-order valence-electron chi connectivity index (χ4n) is 3.57. The van der Waals surface area contributed by atoms with E-state index in [1.807, 2.05) is 13.8 Å². The highest BCUT2D eigenvalue weighted by Gasteiger charge is 2.20. The van der Waals surface area contributed by atoms with E-state index < -0.39 is 24.6 Å². The van der Waals surface area contributed by atoms with Gasteiger partial charge in [-0.15, -0.1) is 0 Å². The molecule has 0 saturated heterocycles. The van der Waals surface area contributed by atoms with Crippen molar-refractivity contribution in [3.8, 4) is 11.3 Å². The first kappa shape index (κ1) is 22.9. The number of carboxylic acid groups (broad SMARTS) is 1. The van der Waals surface area contributed by atoms with Crippen molar-refractivity contribution < 1.29 is 24.5 Å². The van der Waals surface area contributed by atoms with Crippen LogP contribution in [-0.2, 0) is 4.79 Å². The Morgan fingerprint density at radius 3 is 2.52 bits per heavy atom. The van der Waals surface area contributed by atoms with E-state index in [4.69, 9.17) is 16.7 Å². The molecule has 0 spiro atoms. The third-order valence-corrected chi connectivity index (χ3v) is 5.23. The average Bonchev–Trinajstić information content (AvgIpc) is 3.05. The largest absolute Gasteiger partial charge is 0.481 e. The molecule has 164 valence electrons. The molecule has 8 heteroatoms. The number of hydrogen-bond donors (Lipinski definition) is 3. The lowest BCUT2D eigenvalue weighted by Gasteiger charge is -2.18. The summed E-state index contributed by atoms with van der Waals surface area (Å²) in [7, 11) is 0. The molecule has 6 nitrogen and oxygen atoms in total. The molecular formula is C23H24ClFN2O4. The van der Waals surface area contributed by atoms with Crippen molar-refractivity contribution in [3.05, 3.63) is 64.6 Å². The Labute approximate surface area is 184 Å². The first-order valence-corrected chi connectivity index (χ1v) is 10.3. The molecule has 0 amide bonds. The number of carbonyl (C=O) groups is 1. The van der Waals surface area contributed by atoms with Gasteiger partial charge in [-0.25, -0.2) is 8.91 Å². The smallest absolute Gasteiger partial charge is 0.305 e. The van der Waals surface area contributed by atoms with Crippen molar-refractivity contribution in [2.75, 3.05) is 0 Å². The van der Waals surface area contributed by atoms with Gasteiger partial charge < -0.3 is 15.3 Å². The quantitative estimate of drug-likeness (QED) is 0.473. The van der Waals surface area contributed by atoms with E-state index >= 15 is 0 Å². The summed E-state index contributed by atoms with van der Waals surface area (Å²) < 4.78 is 15.2. The number of hydrogen-bond acceptors (Lipinski definition) is 4. The highest BCUT2D eigenvalue weighted by molar-refractivity contribution is 6.34. The van der Waals surface area contributed by atoms with Crippen LogP contribution >= 0.6 is 11.6 Å². The number of benzene rings is 1. The van der Waals surface area contributed by atoms with Crippen molar-refractivity contribution in [3.63, 3.8) is 0 Å². The molecule has 3 aromatic rings. The summed E-state index contributed by atoms with van der Waals surface area (Å²) in [6.07, 6.45) is 2.15. The number of carboxylic acids is 1. The molecule has 0 bridgehead atoms. The van der Waals surface area contributed by atoms with Gasteiger partial charge in [0.15, 0.2) is 0 Å². The van der Waals surface area contributed by atoms with Crippen LogP contribution in [0.25, 0.3) is 22.9 Å². The van der Waals surface area contributed by atoms with Crippen LogP contribution in [0.4, 0.5) is 4.39 Å². The molecule has 2 unspecified atom stereocenters. The van der Waals surface area contributed by atoms with Gasteiger partial charge in [0.25, 0.3) is 0 Å². The summed E-state index contributed by atoms with van der Waals surface area (Å²) in [4.78, 5) is 10.7. The molecule has 2 atom stereocenters. The van der Waals surface area contributed by atoms with Crippen LogP contribution in [0, 0.1) is 5.82 Å². The second-order valence-electron chi connectivity index (χ2n) is 7.71. The number of halogens is 2. The second kappa shape index (κ2) is 9.60. The molecule has 3 rings (SSSR count). The molecule has 0 radical (unpaired) electrons. The molecule has 3 N–H and O–H groups in total. The van der Waals surface area contributed by atoms with Gasteiger partial charge in [-0.3, -0.25) is 4.79 Å². The van der Waals surface area contributed by atoms with Gasteiger partial charge in [0, 0.05) is 23.7 Å². The monoisotopic (exact) mass is 446 g/mol. The molecule has 31 heavy (non-hydrogen) atoms. The maximum absolute atomic E-state index is 13.5. The maximum atomic E-state index is 13.5. The third kappa shape index (κ3) is 5.31. The zero-order valence-electron chi connectivity index (χ0n) is 17.2. The Morgan fingerprint density at radius 2 is 1.90 bits per heavy atom. The fourth-order valence-corrected chi connectivity index (χ4v) is 3.82. The molecule has 0 aliphatic heterocycles. The van der Waals surface area contributed by atoms with Crippen LogP contribution in [0.1, 0.15) is 43.7 Å². The molecule has 0 aliphatic rings. The molecule has 1 aromatic carbocycles. The summed E-state index contributed by atoms with van der Waals surface area (Å²) in [5, 5.41) is 34.1. The van der Waals surface area contributed by atoms with E-state index in [-0.39, 0.29) is 18.2 Å². The zero-order chi connectivity index (χ0) is 22.7. The summed E-state index contributed by atoms with van der Waals surface area (Å²) in [5.74, 6) is -1.45. The van der Waals surface area contributed by atoms with Crippen LogP contribution in [0.2, 0.25) is 5.02 Å². The summed E-state index contributed by atoms with van der Waals surface area (Å²) in [5.41, 5.74) is 3.62. The highest BCUT2D eigenvalue weighted by atomic mass is 35.5. The van der Waals surface area contributed by atoms with E-state index in [2.05, 4.69) is 5.10 Å². The second-order valence-corrected chi connectivity index (χ2v) is 8.12. The van der Waals surface area contributed by atoms with Gasteiger partial charge >= 0.3 is 5.97 Å². The number of aliphatic hydroxyl groups is 2. The van der Waals surface area contributed by atoms with Gasteiger partial charge in [0.2, 0.25) is 0 Å². The maximum Gasteiger partial charge on any atom is 0.305 e. The standard InChI is InChI=1S/C23H24ClFN2O4/c1-13(2)21-18(8-7-16(28)11-17(29)12-20(30)31)22(14-3-5-15(25)6-4-14)26-27-10-9-19(24)23(21)27/h3-10,13,16-17,28-29H,11-12H2,1-2H3,(H,30,31)/b8-7+. The summed E-state index contributed by atoms with van der Waals surface area (Å²) >= 11 is 6.42. The van der Waals surface area contributed by atoms with Gasteiger partial charge in [0.1, 0.15) is 5.82 Å². The van der Waals surface area contributed by atoms with Crippen molar-refractivity contribution in [1.29, 1.82) is 0 Å². The Hall–Kier alpha value is -2.74. The first-order chi connectivity index (χ1) is 14.7. The zero-order valence-corrected chi connectivity index (χ0v) is 17.9. The number of nitrogens with zero attached hydrogens (tertiary/aromatic N) is 2. The van der Waals surface area contributed by atoms with Gasteiger partial charge in [0.05, 0.1) is 34.9 Å². The Morgan fingerprint density at radius 1 is 1.23 bits per heavy atom. The van der Waals surface area contributed by atoms with E-state index in [1.54, 1.807) is 35.0 Å². The molecule has 0 aliphatic carbocycles. The van der Waals surface area contributed by atoms with Crippen molar-refractivity contribution >= 4 is 29.2 Å². The lowest BCUT2D eigenvalue weighted by atomic mass is 9.92. The fraction of sp³-hybridized carbons (Fsp3) is 0.304. The Bertz CT molecular complexity index is 1110. The molecule has 2 aromatic heterocycles.